The largest absolute Gasteiger partial charge is 0.481 e. The van der Waals surface area contributed by atoms with Crippen molar-refractivity contribution in [1.29, 1.82) is 0 Å². The lowest BCUT2D eigenvalue weighted by molar-refractivity contribution is -0.143. The highest BCUT2D eigenvalue weighted by Gasteiger charge is 2.25. The number of fused-ring (bicyclic) bond motifs is 1. The lowest BCUT2D eigenvalue weighted by atomic mass is 9.97. The number of carboxylic acid groups (broad SMARTS) is 1. The molecule has 1 fully saturated rings. The number of aryl methyl sites for hydroxylation is 1. The van der Waals surface area contributed by atoms with Gasteiger partial charge in [-0.1, -0.05) is 18.2 Å². The molecular weight excluding hydrogens is 264 g/mol. The van der Waals surface area contributed by atoms with E-state index in [0.29, 0.717) is 6.54 Å². The zero-order valence-electron chi connectivity index (χ0n) is 12.2. The van der Waals surface area contributed by atoms with E-state index in [1.165, 1.54) is 10.9 Å². The molecule has 0 aliphatic carbocycles. The molecule has 1 aliphatic heterocycles. The van der Waals surface area contributed by atoms with Crippen LogP contribution in [0, 0.1) is 12.8 Å². The maximum absolute atomic E-state index is 11.2. The second kappa shape index (κ2) is 5.82. The summed E-state index contributed by atoms with van der Waals surface area (Å²) in [6.07, 6.45) is 1.75. The van der Waals surface area contributed by atoms with Crippen molar-refractivity contribution in [1.82, 2.24) is 9.88 Å². The lowest BCUT2D eigenvalue weighted by Crippen LogP contribution is -2.38. The Bertz CT molecular complexity index is 669. The molecule has 1 aliphatic rings. The summed E-state index contributed by atoms with van der Waals surface area (Å²) in [5.74, 6) is -0.900. The summed E-state index contributed by atoms with van der Waals surface area (Å²) in [5.41, 5.74) is 3.26. The van der Waals surface area contributed by atoms with Crippen LogP contribution < -0.4 is 0 Å². The second-order valence-corrected chi connectivity index (χ2v) is 5.85. The predicted octanol–water partition coefficient (Wildman–Crippen LogP) is 2.84. The maximum Gasteiger partial charge on any atom is 0.307 e. The van der Waals surface area contributed by atoms with E-state index in [0.717, 1.165) is 37.1 Å². The normalized spacial score (nSPS) is 19.8. The number of carbonyl (C=O) groups is 1. The quantitative estimate of drug-likeness (QED) is 0.941. The van der Waals surface area contributed by atoms with Crippen LogP contribution in [0.3, 0.4) is 0 Å². The van der Waals surface area contributed by atoms with Crippen LogP contribution in [0.25, 0.3) is 10.9 Å². The highest BCUT2D eigenvalue weighted by molar-refractivity contribution is 5.82. The molecule has 3 rings (SSSR count). The lowest BCUT2D eigenvalue weighted by Gasteiger charge is -2.31. The molecule has 0 spiro atoms. The van der Waals surface area contributed by atoms with Crippen LogP contribution in [-0.4, -0.2) is 34.0 Å². The number of aliphatic carboxylic acids is 1. The van der Waals surface area contributed by atoms with E-state index >= 15 is 0 Å². The van der Waals surface area contributed by atoms with Gasteiger partial charge in [0.1, 0.15) is 0 Å². The molecule has 1 atom stereocenters. The molecule has 1 aromatic heterocycles. The van der Waals surface area contributed by atoms with Crippen molar-refractivity contribution < 1.29 is 9.90 Å². The third kappa shape index (κ3) is 3.05. The fourth-order valence-corrected chi connectivity index (χ4v) is 3.17. The van der Waals surface area contributed by atoms with E-state index in [-0.39, 0.29) is 5.92 Å². The molecule has 0 bridgehead atoms. The SMILES string of the molecule is Cc1cc(CN2CCCC(C(=O)O)C2)c2ccccc2n1. The van der Waals surface area contributed by atoms with Crippen molar-refractivity contribution in [2.24, 2.45) is 5.92 Å². The summed E-state index contributed by atoms with van der Waals surface area (Å²) >= 11 is 0. The Kier molecular flexibility index (Phi) is 3.88. The molecule has 21 heavy (non-hydrogen) atoms. The Morgan fingerprint density at radius 2 is 2.24 bits per heavy atom. The van der Waals surface area contributed by atoms with Crippen molar-refractivity contribution in [3.05, 3.63) is 41.6 Å². The van der Waals surface area contributed by atoms with Crippen LogP contribution in [0.5, 0.6) is 0 Å². The molecule has 1 saturated heterocycles. The van der Waals surface area contributed by atoms with Gasteiger partial charge in [-0.25, -0.2) is 0 Å². The van der Waals surface area contributed by atoms with Crippen LogP contribution in [0.4, 0.5) is 0 Å². The zero-order valence-corrected chi connectivity index (χ0v) is 12.2. The highest BCUT2D eigenvalue weighted by Crippen LogP contribution is 2.23. The first kappa shape index (κ1) is 14.0. The number of pyridine rings is 1. The van der Waals surface area contributed by atoms with Gasteiger partial charge in [-0.15, -0.1) is 0 Å². The van der Waals surface area contributed by atoms with Crippen molar-refractivity contribution >= 4 is 16.9 Å². The van der Waals surface area contributed by atoms with Crippen LogP contribution in [0.15, 0.2) is 30.3 Å². The van der Waals surface area contributed by atoms with Crippen molar-refractivity contribution in [2.45, 2.75) is 26.3 Å². The fraction of sp³-hybridized carbons (Fsp3) is 0.412. The van der Waals surface area contributed by atoms with Gasteiger partial charge in [0, 0.05) is 24.2 Å². The predicted molar refractivity (Wildman–Crippen MR) is 82.1 cm³/mol. The van der Waals surface area contributed by atoms with E-state index in [9.17, 15) is 9.90 Å². The minimum absolute atomic E-state index is 0.229. The van der Waals surface area contributed by atoms with Gasteiger partial charge in [-0.2, -0.15) is 0 Å². The fourth-order valence-electron chi connectivity index (χ4n) is 3.17. The number of carboxylic acids is 1. The van der Waals surface area contributed by atoms with Crippen molar-refractivity contribution in [2.75, 3.05) is 13.1 Å². The summed E-state index contributed by atoms with van der Waals surface area (Å²) in [4.78, 5) is 18.0. The molecule has 0 amide bonds. The molecular formula is C17H20N2O2. The first-order valence-corrected chi connectivity index (χ1v) is 7.44. The number of hydrogen-bond donors (Lipinski definition) is 1. The molecule has 2 aromatic rings. The van der Waals surface area contributed by atoms with Gasteiger partial charge in [0.05, 0.1) is 11.4 Å². The number of hydrogen-bond acceptors (Lipinski definition) is 3. The third-order valence-electron chi connectivity index (χ3n) is 4.18. The standard InChI is InChI=1S/C17H20N2O2/c1-12-9-14(15-6-2-3-7-16(15)18-12)11-19-8-4-5-13(10-19)17(20)21/h2-3,6-7,9,13H,4-5,8,10-11H2,1H3,(H,20,21). The van der Waals surface area contributed by atoms with Crippen LogP contribution >= 0.6 is 0 Å². The number of rotatable bonds is 3. The molecule has 1 unspecified atom stereocenters. The number of likely N-dealkylation sites (tertiary alicyclic amines) is 1. The topological polar surface area (TPSA) is 53.4 Å². The van der Waals surface area contributed by atoms with E-state index in [2.05, 4.69) is 22.0 Å². The van der Waals surface area contributed by atoms with Crippen molar-refractivity contribution in [3.63, 3.8) is 0 Å². The number of para-hydroxylation sites is 1. The Morgan fingerprint density at radius 1 is 1.43 bits per heavy atom. The molecule has 2 heterocycles. The Morgan fingerprint density at radius 3 is 3.05 bits per heavy atom. The number of benzene rings is 1. The first-order valence-electron chi connectivity index (χ1n) is 7.44. The Balaban J connectivity index is 1.86. The number of nitrogens with zero attached hydrogens (tertiary/aromatic N) is 2. The summed E-state index contributed by atoms with van der Waals surface area (Å²) in [6, 6.07) is 10.3. The Hall–Kier alpha value is -1.94. The molecule has 1 aromatic carbocycles. The van der Waals surface area contributed by atoms with Gasteiger partial charge in [-0.05, 0) is 44.0 Å². The molecule has 1 N–H and O–H groups in total. The first-order chi connectivity index (χ1) is 10.1. The molecule has 0 saturated carbocycles. The van der Waals surface area contributed by atoms with E-state index in [1.807, 2.05) is 25.1 Å². The van der Waals surface area contributed by atoms with E-state index in [1.54, 1.807) is 0 Å². The highest BCUT2D eigenvalue weighted by atomic mass is 16.4. The van der Waals surface area contributed by atoms with Crippen LogP contribution in [0.2, 0.25) is 0 Å². The van der Waals surface area contributed by atoms with E-state index in [4.69, 9.17) is 0 Å². The minimum Gasteiger partial charge on any atom is -0.481 e. The molecule has 4 heteroatoms. The molecule has 0 radical (unpaired) electrons. The maximum atomic E-state index is 11.2. The summed E-state index contributed by atoms with van der Waals surface area (Å²) in [5, 5.41) is 10.4. The van der Waals surface area contributed by atoms with Gasteiger partial charge in [0.25, 0.3) is 0 Å². The summed E-state index contributed by atoms with van der Waals surface area (Å²) < 4.78 is 0. The van der Waals surface area contributed by atoms with Gasteiger partial charge in [0.2, 0.25) is 0 Å². The smallest absolute Gasteiger partial charge is 0.307 e. The zero-order chi connectivity index (χ0) is 14.8. The van der Waals surface area contributed by atoms with Gasteiger partial charge in [0.15, 0.2) is 0 Å². The minimum atomic E-state index is -0.671. The third-order valence-corrected chi connectivity index (χ3v) is 4.18. The summed E-state index contributed by atoms with van der Waals surface area (Å²) in [7, 11) is 0. The Labute approximate surface area is 124 Å². The monoisotopic (exact) mass is 284 g/mol. The van der Waals surface area contributed by atoms with Crippen molar-refractivity contribution in [3.8, 4) is 0 Å². The van der Waals surface area contributed by atoms with E-state index < -0.39 is 5.97 Å². The van der Waals surface area contributed by atoms with Crippen LogP contribution in [-0.2, 0) is 11.3 Å². The average Bonchev–Trinajstić information content (AvgIpc) is 2.47. The van der Waals surface area contributed by atoms with Gasteiger partial charge < -0.3 is 5.11 Å². The number of piperidine rings is 1. The van der Waals surface area contributed by atoms with Gasteiger partial charge >= 0.3 is 5.97 Å². The average molecular weight is 284 g/mol. The second-order valence-electron chi connectivity index (χ2n) is 5.85. The molecule has 110 valence electrons. The number of aromatic nitrogens is 1. The van der Waals surface area contributed by atoms with Crippen LogP contribution in [0.1, 0.15) is 24.1 Å². The molecule has 4 nitrogen and oxygen atoms in total. The summed E-state index contributed by atoms with van der Waals surface area (Å²) in [6.45, 7) is 4.42. The van der Waals surface area contributed by atoms with Gasteiger partial charge in [-0.3, -0.25) is 14.7 Å².